The van der Waals surface area contributed by atoms with Crippen LogP contribution in [0.5, 0.6) is 0 Å². The first-order chi connectivity index (χ1) is 9.42. The number of amides is 1. The van der Waals surface area contributed by atoms with Gasteiger partial charge < -0.3 is 15.7 Å². The molecule has 0 aliphatic carbocycles. The summed E-state index contributed by atoms with van der Waals surface area (Å²) in [6.45, 7) is 3.54. The van der Waals surface area contributed by atoms with Gasteiger partial charge in [0.2, 0.25) is 5.91 Å². The van der Waals surface area contributed by atoms with Gasteiger partial charge in [-0.1, -0.05) is 6.92 Å². The number of carbonyl (C=O) groups is 2. The summed E-state index contributed by atoms with van der Waals surface area (Å²) in [7, 11) is 0. The van der Waals surface area contributed by atoms with Crippen molar-refractivity contribution in [2.75, 3.05) is 18.4 Å². The largest absolute Gasteiger partial charge is 0.478 e. The van der Waals surface area contributed by atoms with Gasteiger partial charge in [-0.15, -0.1) is 0 Å². The van der Waals surface area contributed by atoms with E-state index in [1.54, 1.807) is 18.2 Å². The van der Waals surface area contributed by atoms with E-state index < -0.39 is 11.4 Å². The van der Waals surface area contributed by atoms with E-state index in [0.717, 1.165) is 29.5 Å². The van der Waals surface area contributed by atoms with Gasteiger partial charge in [0.05, 0.1) is 11.3 Å². The molecule has 6 heteroatoms. The Kier molecular flexibility index (Phi) is 4.64. The van der Waals surface area contributed by atoms with Crippen LogP contribution in [0, 0.1) is 8.99 Å². The summed E-state index contributed by atoms with van der Waals surface area (Å²) in [5.74, 6) is -1.14. The molecule has 1 saturated heterocycles. The van der Waals surface area contributed by atoms with Crippen LogP contribution in [0.15, 0.2) is 18.2 Å². The number of nitrogens with one attached hydrogen (secondary N) is 2. The lowest BCUT2D eigenvalue weighted by molar-refractivity contribution is -0.126. The maximum absolute atomic E-state index is 12.4. The first kappa shape index (κ1) is 15.2. The highest BCUT2D eigenvalue weighted by Crippen LogP contribution is 2.30. The van der Waals surface area contributed by atoms with Crippen LogP contribution in [0.1, 0.15) is 30.1 Å². The Morgan fingerprint density at radius 2 is 2.00 bits per heavy atom. The second-order valence-corrected chi connectivity index (χ2v) is 6.51. The van der Waals surface area contributed by atoms with Crippen molar-refractivity contribution >= 4 is 40.2 Å². The van der Waals surface area contributed by atoms with E-state index in [1.807, 2.05) is 6.92 Å². The lowest BCUT2D eigenvalue weighted by atomic mass is 9.80. The van der Waals surface area contributed by atoms with Crippen LogP contribution >= 0.6 is 22.6 Å². The molecule has 1 heterocycles. The predicted molar refractivity (Wildman–Crippen MR) is 85.0 cm³/mol. The van der Waals surface area contributed by atoms with Gasteiger partial charge in [0.25, 0.3) is 0 Å². The van der Waals surface area contributed by atoms with Gasteiger partial charge in [-0.05, 0) is 66.7 Å². The Morgan fingerprint density at radius 3 is 2.60 bits per heavy atom. The molecule has 1 aliphatic rings. The maximum atomic E-state index is 12.4. The third kappa shape index (κ3) is 3.29. The van der Waals surface area contributed by atoms with E-state index in [-0.39, 0.29) is 11.5 Å². The Labute approximate surface area is 131 Å². The molecule has 1 amide bonds. The molecule has 2 rings (SSSR count). The number of halogens is 1. The minimum atomic E-state index is -1.03. The number of hydrogen-bond acceptors (Lipinski definition) is 3. The average Bonchev–Trinajstić information content (AvgIpc) is 2.41. The van der Waals surface area contributed by atoms with E-state index in [0.29, 0.717) is 5.69 Å². The van der Waals surface area contributed by atoms with Crippen molar-refractivity contribution in [2.24, 2.45) is 5.41 Å². The van der Waals surface area contributed by atoms with Crippen LogP contribution < -0.4 is 10.6 Å². The highest BCUT2D eigenvalue weighted by Gasteiger charge is 2.35. The lowest BCUT2D eigenvalue weighted by Gasteiger charge is -2.32. The Morgan fingerprint density at radius 1 is 1.35 bits per heavy atom. The van der Waals surface area contributed by atoms with Crippen molar-refractivity contribution in [1.82, 2.24) is 5.32 Å². The smallest absolute Gasteiger partial charge is 0.337 e. The zero-order chi connectivity index (χ0) is 14.8. The minimum Gasteiger partial charge on any atom is -0.478 e. The second-order valence-electron chi connectivity index (χ2n) is 5.26. The molecule has 0 atom stereocenters. The average molecular weight is 388 g/mol. The Balaban J connectivity index is 2.21. The summed E-state index contributed by atoms with van der Waals surface area (Å²) in [6.07, 6.45) is 1.51. The molecule has 20 heavy (non-hydrogen) atoms. The van der Waals surface area contributed by atoms with Crippen molar-refractivity contribution < 1.29 is 14.7 Å². The van der Waals surface area contributed by atoms with Crippen LogP contribution in [0.3, 0.4) is 0 Å². The number of hydrogen-bond donors (Lipinski definition) is 3. The van der Waals surface area contributed by atoms with Gasteiger partial charge in [-0.25, -0.2) is 4.79 Å². The van der Waals surface area contributed by atoms with E-state index in [1.165, 1.54) is 0 Å². The zero-order valence-electron chi connectivity index (χ0n) is 11.2. The fourth-order valence-corrected chi connectivity index (χ4v) is 2.77. The first-order valence-corrected chi connectivity index (χ1v) is 7.55. The van der Waals surface area contributed by atoms with Crippen LogP contribution in [-0.2, 0) is 4.79 Å². The van der Waals surface area contributed by atoms with Crippen molar-refractivity contribution in [2.45, 2.75) is 19.8 Å². The highest BCUT2D eigenvalue weighted by atomic mass is 127. The summed E-state index contributed by atoms with van der Waals surface area (Å²) >= 11 is 2.05. The number of carbonyl (C=O) groups excluding carboxylic acids is 1. The second kappa shape index (κ2) is 6.09. The third-order valence-corrected chi connectivity index (χ3v) is 4.39. The van der Waals surface area contributed by atoms with Gasteiger partial charge in [-0.3, -0.25) is 4.79 Å². The van der Waals surface area contributed by atoms with Crippen molar-refractivity contribution in [3.63, 3.8) is 0 Å². The molecule has 1 aromatic rings. The molecular formula is C14H17IN2O3. The van der Waals surface area contributed by atoms with Crippen molar-refractivity contribution in [3.05, 3.63) is 27.3 Å². The normalized spacial score (nSPS) is 17.5. The topological polar surface area (TPSA) is 78.4 Å². The molecule has 0 radical (unpaired) electrons. The molecule has 0 saturated carbocycles. The highest BCUT2D eigenvalue weighted by molar-refractivity contribution is 14.1. The van der Waals surface area contributed by atoms with Gasteiger partial charge in [0.15, 0.2) is 0 Å². The lowest BCUT2D eigenvalue weighted by Crippen LogP contribution is -2.43. The van der Waals surface area contributed by atoms with Crippen LogP contribution in [0.4, 0.5) is 5.69 Å². The quantitative estimate of drug-likeness (QED) is 0.695. The van der Waals surface area contributed by atoms with Gasteiger partial charge >= 0.3 is 5.97 Å². The number of aromatic carboxylic acids is 1. The summed E-state index contributed by atoms with van der Waals surface area (Å²) < 4.78 is 0.825. The number of rotatable bonds is 3. The summed E-state index contributed by atoms with van der Waals surface area (Å²) in [4.78, 5) is 23.7. The minimum absolute atomic E-state index is 0.109. The number of anilines is 1. The monoisotopic (exact) mass is 388 g/mol. The summed E-state index contributed by atoms with van der Waals surface area (Å²) in [5.41, 5.74) is 0.0507. The van der Waals surface area contributed by atoms with Crippen LogP contribution in [-0.4, -0.2) is 30.1 Å². The summed E-state index contributed by atoms with van der Waals surface area (Å²) in [6, 6.07) is 4.99. The van der Waals surface area contributed by atoms with E-state index >= 15 is 0 Å². The molecule has 1 aliphatic heterocycles. The zero-order valence-corrected chi connectivity index (χ0v) is 13.4. The molecule has 108 valence electrons. The predicted octanol–water partition coefficient (Wildman–Crippen LogP) is 2.32. The number of carboxylic acid groups (broad SMARTS) is 1. The van der Waals surface area contributed by atoms with Gasteiger partial charge in [-0.2, -0.15) is 0 Å². The molecule has 5 nitrogen and oxygen atoms in total. The molecule has 0 unspecified atom stereocenters. The standard InChI is InChI=1S/C14H17IN2O3/c1-14(4-6-16-7-5-14)13(20)17-11-3-2-9(15)8-10(11)12(18)19/h2-3,8,16H,4-7H2,1H3,(H,17,20)(H,18,19). The molecule has 0 aromatic heterocycles. The molecule has 3 N–H and O–H groups in total. The molecule has 0 spiro atoms. The SMILES string of the molecule is CC1(C(=O)Nc2ccc(I)cc2C(=O)O)CCNCC1. The fourth-order valence-electron chi connectivity index (χ4n) is 2.28. The van der Waals surface area contributed by atoms with Gasteiger partial charge in [0.1, 0.15) is 0 Å². The molecule has 1 aromatic carbocycles. The Hall–Kier alpha value is -1.15. The van der Waals surface area contributed by atoms with Crippen LogP contribution in [0.2, 0.25) is 0 Å². The van der Waals surface area contributed by atoms with Crippen LogP contribution in [0.25, 0.3) is 0 Å². The van der Waals surface area contributed by atoms with Crippen molar-refractivity contribution in [3.8, 4) is 0 Å². The summed E-state index contributed by atoms with van der Waals surface area (Å²) in [5, 5.41) is 15.2. The molecular weight excluding hydrogens is 371 g/mol. The van der Waals surface area contributed by atoms with Gasteiger partial charge in [0, 0.05) is 8.99 Å². The molecule has 0 bridgehead atoms. The van der Waals surface area contributed by atoms with Crippen molar-refractivity contribution in [1.29, 1.82) is 0 Å². The third-order valence-electron chi connectivity index (χ3n) is 3.72. The van der Waals surface area contributed by atoms with E-state index in [4.69, 9.17) is 0 Å². The maximum Gasteiger partial charge on any atom is 0.337 e. The fraction of sp³-hybridized carbons (Fsp3) is 0.429. The Bertz CT molecular complexity index is 539. The number of carboxylic acids is 1. The van der Waals surface area contributed by atoms with E-state index in [2.05, 4.69) is 33.2 Å². The first-order valence-electron chi connectivity index (χ1n) is 6.47. The van der Waals surface area contributed by atoms with E-state index in [9.17, 15) is 14.7 Å². The molecule has 1 fully saturated rings. The number of benzene rings is 1. The number of piperidine rings is 1.